The molecule has 8 heteroatoms. The molecule has 0 spiro atoms. The molecule has 1 N–H and O–H groups in total. The molecule has 0 bridgehead atoms. The van der Waals surface area contributed by atoms with E-state index in [-0.39, 0.29) is 23.0 Å². The van der Waals surface area contributed by atoms with E-state index in [0.717, 1.165) is 0 Å². The summed E-state index contributed by atoms with van der Waals surface area (Å²) < 4.78 is 24.2. The van der Waals surface area contributed by atoms with E-state index >= 15 is 0 Å². The lowest BCUT2D eigenvalue weighted by atomic mass is 10.1. The van der Waals surface area contributed by atoms with Crippen LogP contribution in [0.3, 0.4) is 0 Å². The lowest BCUT2D eigenvalue weighted by molar-refractivity contribution is 0.0696. The van der Waals surface area contributed by atoms with E-state index in [2.05, 4.69) is 10.1 Å². The predicted molar refractivity (Wildman–Crippen MR) is 66.0 cm³/mol. The van der Waals surface area contributed by atoms with E-state index in [1.165, 1.54) is 16.8 Å². The molecule has 7 nitrogen and oxygen atoms in total. The molecular formula is C11H11N3O4S. The Bertz CT molecular complexity index is 765. The first kappa shape index (κ1) is 12.1. The average Bonchev–Trinajstić information content (AvgIpc) is 2.90. The van der Waals surface area contributed by atoms with Crippen molar-refractivity contribution in [2.75, 3.05) is 11.5 Å². The zero-order chi connectivity index (χ0) is 13.6. The molecule has 1 saturated heterocycles. The molecule has 0 aromatic carbocycles. The van der Waals surface area contributed by atoms with Crippen LogP contribution >= 0.6 is 0 Å². The molecule has 1 aliphatic rings. The fourth-order valence-corrected chi connectivity index (χ4v) is 3.94. The average molecular weight is 281 g/mol. The number of hydrogen-bond acceptors (Lipinski definition) is 5. The van der Waals surface area contributed by atoms with Gasteiger partial charge in [-0.05, 0) is 18.6 Å². The highest BCUT2D eigenvalue weighted by molar-refractivity contribution is 7.91. The van der Waals surface area contributed by atoms with Crippen molar-refractivity contribution in [1.82, 2.24) is 14.6 Å². The second kappa shape index (κ2) is 4.02. The van der Waals surface area contributed by atoms with E-state index in [4.69, 9.17) is 5.11 Å². The first-order valence-electron chi connectivity index (χ1n) is 5.75. The summed E-state index contributed by atoms with van der Waals surface area (Å²) in [7, 11) is -2.99. The largest absolute Gasteiger partial charge is 0.478 e. The van der Waals surface area contributed by atoms with Crippen LogP contribution in [0.15, 0.2) is 18.3 Å². The van der Waals surface area contributed by atoms with Crippen LogP contribution in [0.5, 0.6) is 0 Å². The van der Waals surface area contributed by atoms with Gasteiger partial charge in [0.1, 0.15) is 0 Å². The Morgan fingerprint density at radius 3 is 2.84 bits per heavy atom. The number of fused-ring (bicyclic) bond motifs is 1. The molecule has 2 aromatic heterocycles. The van der Waals surface area contributed by atoms with Gasteiger partial charge < -0.3 is 5.11 Å². The summed E-state index contributed by atoms with van der Waals surface area (Å²) >= 11 is 0. The van der Waals surface area contributed by atoms with E-state index in [1.807, 2.05) is 0 Å². The van der Waals surface area contributed by atoms with Gasteiger partial charge in [-0.1, -0.05) is 0 Å². The maximum Gasteiger partial charge on any atom is 0.337 e. The third-order valence-electron chi connectivity index (χ3n) is 3.19. The molecule has 0 amide bonds. The Labute approximate surface area is 108 Å². The number of carboxylic acids is 1. The molecule has 3 rings (SSSR count). The minimum absolute atomic E-state index is 0.0651. The maximum absolute atomic E-state index is 11.4. The van der Waals surface area contributed by atoms with E-state index in [1.54, 1.807) is 6.07 Å². The quantitative estimate of drug-likeness (QED) is 0.851. The van der Waals surface area contributed by atoms with Gasteiger partial charge in [0.05, 0.1) is 17.1 Å². The van der Waals surface area contributed by atoms with Gasteiger partial charge in [-0.3, -0.25) is 0 Å². The number of carboxylic acid groups (broad SMARTS) is 1. The van der Waals surface area contributed by atoms with E-state index < -0.39 is 15.8 Å². The van der Waals surface area contributed by atoms with Crippen molar-refractivity contribution in [1.29, 1.82) is 0 Å². The summed E-state index contributed by atoms with van der Waals surface area (Å²) in [4.78, 5) is 15.1. The minimum atomic E-state index is -2.99. The molecule has 0 radical (unpaired) electrons. The second-order valence-corrected chi connectivity index (χ2v) is 6.82. The van der Waals surface area contributed by atoms with Crippen molar-refractivity contribution in [2.24, 2.45) is 0 Å². The molecule has 1 atom stereocenters. The Morgan fingerprint density at radius 1 is 1.42 bits per heavy atom. The number of aromatic carboxylic acids is 1. The number of rotatable bonds is 2. The van der Waals surface area contributed by atoms with Gasteiger partial charge in [0.2, 0.25) is 0 Å². The van der Waals surface area contributed by atoms with Crippen molar-refractivity contribution in [3.63, 3.8) is 0 Å². The first-order valence-corrected chi connectivity index (χ1v) is 7.57. The standard InChI is InChI=1S/C11H11N3O4S/c15-11(16)7-1-2-9-12-10(13-14(9)5-7)8-3-4-19(17,18)6-8/h1-2,5,8H,3-4,6H2,(H,15,16). The number of carbonyl (C=O) groups is 1. The van der Waals surface area contributed by atoms with Gasteiger partial charge >= 0.3 is 5.97 Å². The SMILES string of the molecule is O=C(O)c1ccc2nc(C3CCS(=O)(=O)C3)nn2c1. The molecular weight excluding hydrogens is 270 g/mol. The topological polar surface area (TPSA) is 102 Å². The molecule has 1 fully saturated rings. The fraction of sp³-hybridized carbons (Fsp3) is 0.364. The second-order valence-electron chi connectivity index (χ2n) is 4.60. The summed E-state index contributed by atoms with van der Waals surface area (Å²) in [6.45, 7) is 0. The van der Waals surface area contributed by atoms with Gasteiger partial charge in [-0.25, -0.2) is 22.7 Å². The minimum Gasteiger partial charge on any atom is -0.478 e. The number of aromatic nitrogens is 3. The molecule has 19 heavy (non-hydrogen) atoms. The van der Waals surface area contributed by atoms with Gasteiger partial charge in [0, 0.05) is 12.1 Å². The third kappa shape index (κ3) is 2.19. The number of hydrogen-bond donors (Lipinski definition) is 1. The zero-order valence-electron chi connectivity index (χ0n) is 9.85. The monoisotopic (exact) mass is 281 g/mol. The Balaban J connectivity index is 2.00. The lowest BCUT2D eigenvalue weighted by Gasteiger charge is -1.99. The van der Waals surface area contributed by atoms with Crippen LogP contribution in [0.2, 0.25) is 0 Å². The van der Waals surface area contributed by atoms with Crippen molar-refractivity contribution in [2.45, 2.75) is 12.3 Å². The Morgan fingerprint density at radius 2 is 2.21 bits per heavy atom. The lowest BCUT2D eigenvalue weighted by Crippen LogP contribution is -2.05. The normalized spacial score (nSPS) is 21.8. The first-order chi connectivity index (χ1) is 8.94. The predicted octanol–water partition coefficient (Wildman–Crippen LogP) is 0.330. The van der Waals surface area contributed by atoms with Crippen LogP contribution in [-0.4, -0.2) is 45.6 Å². The number of sulfone groups is 1. The Hall–Kier alpha value is -1.96. The van der Waals surface area contributed by atoms with E-state index in [0.29, 0.717) is 17.9 Å². The summed E-state index contributed by atoms with van der Waals surface area (Å²) in [5.41, 5.74) is 0.632. The molecule has 100 valence electrons. The van der Waals surface area contributed by atoms with Crippen molar-refractivity contribution in [3.05, 3.63) is 29.7 Å². The fourth-order valence-electron chi connectivity index (χ4n) is 2.20. The molecule has 1 unspecified atom stereocenters. The van der Waals surface area contributed by atoms with Crippen molar-refractivity contribution >= 4 is 21.5 Å². The van der Waals surface area contributed by atoms with Crippen LogP contribution in [0.4, 0.5) is 0 Å². The third-order valence-corrected chi connectivity index (χ3v) is 4.96. The van der Waals surface area contributed by atoms with Gasteiger partial charge in [0.15, 0.2) is 21.3 Å². The van der Waals surface area contributed by atoms with Gasteiger partial charge in [-0.2, -0.15) is 5.10 Å². The highest BCUT2D eigenvalue weighted by Gasteiger charge is 2.31. The zero-order valence-corrected chi connectivity index (χ0v) is 10.7. The summed E-state index contributed by atoms with van der Waals surface area (Å²) in [6.07, 6.45) is 1.89. The van der Waals surface area contributed by atoms with Gasteiger partial charge in [-0.15, -0.1) is 0 Å². The van der Waals surface area contributed by atoms with Crippen LogP contribution in [0.25, 0.3) is 5.65 Å². The van der Waals surface area contributed by atoms with Crippen LogP contribution in [0.1, 0.15) is 28.5 Å². The van der Waals surface area contributed by atoms with Crippen LogP contribution in [0, 0.1) is 0 Å². The molecule has 3 heterocycles. The van der Waals surface area contributed by atoms with Crippen LogP contribution in [-0.2, 0) is 9.84 Å². The van der Waals surface area contributed by atoms with E-state index in [9.17, 15) is 13.2 Å². The molecule has 1 aliphatic heterocycles. The van der Waals surface area contributed by atoms with Crippen molar-refractivity contribution < 1.29 is 18.3 Å². The highest BCUT2D eigenvalue weighted by atomic mass is 32.2. The summed E-state index contributed by atoms with van der Waals surface area (Å²) in [5, 5.41) is 13.1. The summed E-state index contributed by atoms with van der Waals surface area (Å²) in [5.74, 6) is -0.548. The van der Waals surface area contributed by atoms with Crippen LogP contribution < -0.4 is 0 Å². The smallest absolute Gasteiger partial charge is 0.337 e. The van der Waals surface area contributed by atoms with Crippen molar-refractivity contribution in [3.8, 4) is 0 Å². The number of nitrogens with zero attached hydrogens (tertiary/aromatic N) is 3. The molecule has 0 saturated carbocycles. The summed E-state index contributed by atoms with van der Waals surface area (Å²) in [6, 6.07) is 3.00. The molecule has 2 aromatic rings. The highest BCUT2D eigenvalue weighted by Crippen LogP contribution is 2.26. The van der Waals surface area contributed by atoms with Gasteiger partial charge in [0.25, 0.3) is 0 Å². The Kier molecular flexibility index (Phi) is 2.56. The maximum atomic E-state index is 11.4. The number of pyridine rings is 1. The molecule has 0 aliphatic carbocycles.